The van der Waals surface area contributed by atoms with Gasteiger partial charge in [0.15, 0.2) is 0 Å². The lowest BCUT2D eigenvalue weighted by atomic mass is 10.1. The molecule has 0 atom stereocenters. The van der Waals surface area contributed by atoms with Crippen LogP contribution in [-0.4, -0.2) is 4.98 Å². The van der Waals surface area contributed by atoms with Crippen LogP contribution in [0.25, 0.3) is 10.9 Å². The minimum absolute atomic E-state index is 0.320. The molecule has 0 aliphatic heterocycles. The Morgan fingerprint density at radius 2 is 1.95 bits per heavy atom. The van der Waals surface area contributed by atoms with Crippen molar-refractivity contribution in [3.8, 4) is 17.7 Å². The summed E-state index contributed by atoms with van der Waals surface area (Å²) >= 11 is 3.47. The van der Waals surface area contributed by atoms with Gasteiger partial charge in [0.2, 0.25) is 5.88 Å². The summed E-state index contributed by atoms with van der Waals surface area (Å²) in [5.74, 6) is 0.959. The Bertz CT molecular complexity index is 868. The second-order valence-electron chi connectivity index (χ2n) is 4.68. The molecule has 102 valence electrons. The van der Waals surface area contributed by atoms with Crippen molar-refractivity contribution in [2.45, 2.75) is 6.92 Å². The molecule has 1 heterocycles. The number of hydrogen-bond acceptors (Lipinski definition) is 3. The third kappa shape index (κ3) is 2.74. The maximum absolute atomic E-state index is 9.29. The molecule has 0 aliphatic rings. The first-order valence-electron chi connectivity index (χ1n) is 6.41. The van der Waals surface area contributed by atoms with Crippen molar-refractivity contribution in [1.29, 1.82) is 5.26 Å². The minimum Gasteiger partial charge on any atom is -0.436 e. The average molecular weight is 339 g/mol. The van der Waals surface area contributed by atoms with Crippen LogP contribution >= 0.6 is 15.9 Å². The molecule has 2 aromatic carbocycles. The van der Waals surface area contributed by atoms with Gasteiger partial charge in [-0.25, -0.2) is 4.98 Å². The van der Waals surface area contributed by atoms with Gasteiger partial charge < -0.3 is 4.74 Å². The standard InChI is InChI=1S/C17H11BrN2O/c1-11-6-7-16(14(18)8-11)21-17-13(10-19)9-12-4-2-3-5-15(12)20-17/h2-9H,1H3. The van der Waals surface area contributed by atoms with Crippen LogP contribution in [-0.2, 0) is 0 Å². The number of nitrogens with zero attached hydrogens (tertiary/aromatic N) is 2. The van der Waals surface area contributed by atoms with E-state index in [-0.39, 0.29) is 0 Å². The van der Waals surface area contributed by atoms with Crippen LogP contribution in [0.15, 0.2) is 53.0 Å². The highest BCUT2D eigenvalue weighted by atomic mass is 79.9. The molecular weight excluding hydrogens is 328 g/mol. The predicted molar refractivity (Wildman–Crippen MR) is 85.4 cm³/mol. The van der Waals surface area contributed by atoms with Gasteiger partial charge in [0.05, 0.1) is 9.99 Å². The van der Waals surface area contributed by atoms with Gasteiger partial charge in [0, 0.05) is 5.39 Å². The average Bonchev–Trinajstić information content (AvgIpc) is 2.49. The zero-order chi connectivity index (χ0) is 14.8. The number of ether oxygens (including phenoxy) is 1. The Labute approximate surface area is 130 Å². The highest BCUT2D eigenvalue weighted by Crippen LogP contribution is 2.32. The number of para-hydroxylation sites is 1. The zero-order valence-corrected chi connectivity index (χ0v) is 12.9. The quantitative estimate of drug-likeness (QED) is 0.662. The van der Waals surface area contributed by atoms with Gasteiger partial charge in [-0.1, -0.05) is 24.3 Å². The lowest BCUT2D eigenvalue weighted by Crippen LogP contribution is -1.94. The number of rotatable bonds is 2. The topological polar surface area (TPSA) is 45.9 Å². The van der Waals surface area contributed by atoms with Crippen LogP contribution < -0.4 is 4.74 Å². The van der Waals surface area contributed by atoms with Gasteiger partial charge in [0.25, 0.3) is 0 Å². The number of hydrogen-bond donors (Lipinski definition) is 0. The molecule has 4 heteroatoms. The largest absolute Gasteiger partial charge is 0.436 e. The molecule has 1 aromatic heterocycles. The molecule has 0 aliphatic carbocycles. The number of pyridine rings is 1. The number of aryl methyl sites for hydroxylation is 1. The van der Waals surface area contributed by atoms with E-state index in [0.717, 1.165) is 20.9 Å². The Morgan fingerprint density at radius 1 is 1.14 bits per heavy atom. The summed E-state index contributed by atoms with van der Waals surface area (Å²) in [6.45, 7) is 2.00. The van der Waals surface area contributed by atoms with Gasteiger partial charge >= 0.3 is 0 Å². The van der Waals surface area contributed by atoms with Crippen LogP contribution in [0.1, 0.15) is 11.1 Å². The molecule has 0 unspecified atom stereocenters. The lowest BCUT2D eigenvalue weighted by Gasteiger charge is -2.09. The van der Waals surface area contributed by atoms with Crippen LogP contribution in [0.2, 0.25) is 0 Å². The van der Waals surface area contributed by atoms with Crippen molar-refractivity contribution in [3.63, 3.8) is 0 Å². The fourth-order valence-electron chi connectivity index (χ4n) is 2.05. The van der Waals surface area contributed by atoms with Gasteiger partial charge in [0.1, 0.15) is 17.4 Å². The Hall–Kier alpha value is -2.38. The molecule has 21 heavy (non-hydrogen) atoms. The van der Waals surface area contributed by atoms with E-state index in [9.17, 15) is 5.26 Å². The van der Waals surface area contributed by atoms with Gasteiger partial charge in [-0.05, 0) is 52.7 Å². The summed E-state index contributed by atoms with van der Waals surface area (Å²) in [5, 5.41) is 10.2. The SMILES string of the molecule is Cc1ccc(Oc2nc3ccccc3cc2C#N)c(Br)c1. The molecule has 0 saturated carbocycles. The summed E-state index contributed by atoms with van der Waals surface area (Å²) in [7, 11) is 0. The van der Waals surface area contributed by atoms with Gasteiger partial charge in [-0.3, -0.25) is 0 Å². The van der Waals surface area contributed by atoms with E-state index in [1.54, 1.807) is 6.07 Å². The molecule has 0 spiro atoms. The van der Waals surface area contributed by atoms with Crippen molar-refractivity contribution in [3.05, 3.63) is 64.1 Å². The van der Waals surface area contributed by atoms with E-state index >= 15 is 0 Å². The molecule has 0 saturated heterocycles. The molecule has 3 nitrogen and oxygen atoms in total. The Balaban J connectivity index is 2.09. The smallest absolute Gasteiger partial charge is 0.237 e. The molecule has 3 rings (SSSR count). The van der Waals surface area contributed by atoms with E-state index in [2.05, 4.69) is 27.0 Å². The van der Waals surface area contributed by atoms with Crippen molar-refractivity contribution >= 4 is 26.8 Å². The summed E-state index contributed by atoms with van der Waals surface area (Å²) in [6, 6.07) is 17.3. The van der Waals surface area contributed by atoms with Crippen LogP contribution in [0.5, 0.6) is 11.6 Å². The molecule has 0 amide bonds. The van der Waals surface area contributed by atoms with E-state index in [1.165, 1.54) is 0 Å². The monoisotopic (exact) mass is 338 g/mol. The number of benzene rings is 2. The first-order valence-corrected chi connectivity index (χ1v) is 7.20. The first-order chi connectivity index (χ1) is 10.2. The second kappa shape index (κ2) is 5.55. The highest BCUT2D eigenvalue weighted by Gasteiger charge is 2.11. The second-order valence-corrected chi connectivity index (χ2v) is 5.54. The Kier molecular flexibility index (Phi) is 3.59. The summed E-state index contributed by atoms with van der Waals surface area (Å²) in [4.78, 5) is 4.44. The van der Waals surface area contributed by atoms with Crippen LogP contribution in [0.3, 0.4) is 0 Å². The summed E-state index contributed by atoms with van der Waals surface area (Å²) < 4.78 is 6.65. The van der Waals surface area contributed by atoms with E-state index < -0.39 is 0 Å². The zero-order valence-electron chi connectivity index (χ0n) is 11.3. The fraction of sp³-hybridized carbons (Fsp3) is 0.0588. The number of aromatic nitrogens is 1. The maximum atomic E-state index is 9.29. The van der Waals surface area contributed by atoms with Gasteiger partial charge in [-0.2, -0.15) is 5.26 Å². The van der Waals surface area contributed by atoms with Crippen molar-refractivity contribution < 1.29 is 4.74 Å². The van der Waals surface area contributed by atoms with E-state index in [1.807, 2.05) is 49.4 Å². The maximum Gasteiger partial charge on any atom is 0.237 e. The summed E-state index contributed by atoms with van der Waals surface area (Å²) in [5.41, 5.74) is 2.34. The highest BCUT2D eigenvalue weighted by molar-refractivity contribution is 9.10. The lowest BCUT2D eigenvalue weighted by molar-refractivity contribution is 0.460. The fourth-order valence-corrected chi connectivity index (χ4v) is 2.62. The van der Waals surface area contributed by atoms with Crippen molar-refractivity contribution in [2.24, 2.45) is 0 Å². The first kappa shape index (κ1) is 13.6. The predicted octanol–water partition coefficient (Wildman–Crippen LogP) is 4.97. The van der Waals surface area contributed by atoms with Crippen molar-refractivity contribution in [2.75, 3.05) is 0 Å². The van der Waals surface area contributed by atoms with Crippen LogP contribution in [0, 0.1) is 18.3 Å². The number of fused-ring (bicyclic) bond motifs is 1. The normalized spacial score (nSPS) is 10.3. The molecule has 0 N–H and O–H groups in total. The minimum atomic E-state index is 0.320. The molecule has 3 aromatic rings. The third-order valence-electron chi connectivity index (χ3n) is 3.10. The molecule has 0 fully saturated rings. The number of halogens is 1. The Morgan fingerprint density at radius 3 is 2.71 bits per heavy atom. The van der Waals surface area contributed by atoms with E-state index in [4.69, 9.17) is 4.74 Å². The van der Waals surface area contributed by atoms with Crippen LogP contribution in [0.4, 0.5) is 0 Å². The molecule has 0 radical (unpaired) electrons. The van der Waals surface area contributed by atoms with E-state index in [0.29, 0.717) is 17.2 Å². The summed E-state index contributed by atoms with van der Waals surface area (Å²) in [6.07, 6.45) is 0. The van der Waals surface area contributed by atoms with Crippen molar-refractivity contribution in [1.82, 2.24) is 4.98 Å². The molecular formula is C17H11BrN2O. The number of nitriles is 1. The third-order valence-corrected chi connectivity index (χ3v) is 3.72. The van der Waals surface area contributed by atoms with Gasteiger partial charge in [-0.15, -0.1) is 0 Å². The molecule has 0 bridgehead atoms.